The van der Waals surface area contributed by atoms with Gasteiger partial charge in [-0.05, 0) is 38.8 Å². The number of carbonyl (C=O) groups is 2. The van der Waals surface area contributed by atoms with Gasteiger partial charge in [0.05, 0.1) is 5.56 Å². The van der Waals surface area contributed by atoms with E-state index in [1.54, 1.807) is 0 Å². The van der Waals surface area contributed by atoms with Gasteiger partial charge in [-0.2, -0.15) is 0 Å². The van der Waals surface area contributed by atoms with Gasteiger partial charge in [-0.3, -0.25) is 9.59 Å². The van der Waals surface area contributed by atoms with E-state index in [-0.39, 0.29) is 11.8 Å². The van der Waals surface area contributed by atoms with Crippen molar-refractivity contribution < 1.29 is 9.59 Å². The molecule has 0 bridgehead atoms. The third kappa shape index (κ3) is 4.77. The molecule has 0 aromatic heterocycles. The smallest absolute Gasteiger partial charge is 0.253 e. The molecule has 5 nitrogen and oxygen atoms in total. The van der Waals surface area contributed by atoms with Crippen LogP contribution in [0.5, 0.6) is 0 Å². The molecule has 1 aliphatic rings. The van der Waals surface area contributed by atoms with Crippen LogP contribution in [0, 0.1) is 6.92 Å². The fourth-order valence-electron chi connectivity index (χ4n) is 2.10. The lowest BCUT2D eigenvalue weighted by Crippen LogP contribution is -2.32. The third-order valence-electron chi connectivity index (χ3n) is 3.37. The largest absolute Gasteiger partial charge is 0.385 e. The number of nitrogens with one attached hydrogen (secondary N) is 3. The maximum atomic E-state index is 12.2. The van der Waals surface area contributed by atoms with Crippen LogP contribution < -0.4 is 16.0 Å². The summed E-state index contributed by atoms with van der Waals surface area (Å²) in [5.74, 6) is -0.136. The van der Waals surface area contributed by atoms with Crippen LogP contribution in [0.2, 0.25) is 0 Å². The maximum absolute atomic E-state index is 12.2. The first kappa shape index (κ1) is 15.4. The molecular weight excluding hydrogens is 266 g/mol. The topological polar surface area (TPSA) is 70.2 Å². The highest BCUT2D eigenvalue weighted by molar-refractivity contribution is 6.00. The van der Waals surface area contributed by atoms with E-state index >= 15 is 0 Å². The van der Waals surface area contributed by atoms with E-state index in [0.717, 1.165) is 30.6 Å². The Bertz CT molecular complexity index is 524. The normalized spacial score (nSPS) is 13.6. The van der Waals surface area contributed by atoms with Crippen molar-refractivity contribution in [1.29, 1.82) is 0 Å². The van der Waals surface area contributed by atoms with Crippen molar-refractivity contribution in [2.24, 2.45) is 0 Å². The molecule has 1 saturated carbocycles. The molecule has 0 atom stereocenters. The number of hydrogen-bond acceptors (Lipinski definition) is 3. The lowest BCUT2D eigenvalue weighted by molar-refractivity contribution is -0.121. The number of aryl methyl sites for hydroxylation is 1. The Morgan fingerprint density at radius 1 is 1.29 bits per heavy atom. The number of benzene rings is 1. The van der Waals surface area contributed by atoms with Crippen molar-refractivity contribution in [1.82, 2.24) is 10.6 Å². The summed E-state index contributed by atoms with van der Waals surface area (Å²) in [7, 11) is 0. The van der Waals surface area contributed by atoms with Gasteiger partial charge < -0.3 is 16.0 Å². The van der Waals surface area contributed by atoms with Crippen molar-refractivity contribution in [2.45, 2.75) is 39.2 Å². The minimum absolute atomic E-state index is 0.00829. The molecule has 5 heteroatoms. The second kappa shape index (κ2) is 7.11. The van der Waals surface area contributed by atoms with Crippen LogP contribution in [0.15, 0.2) is 18.2 Å². The first-order chi connectivity index (χ1) is 10.1. The fourth-order valence-corrected chi connectivity index (χ4v) is 2.10. The van der Waals surface area contributed by atoms with E-state index in [1.807, 2.05) is 32.0 Å². The van der Waals surface area contributed by atoms with Crippen molar-refractivity contribution in [3.05, 3.63) is 29.3 Å². The zero-order chi connectivity index (χ0) is 15.2. The first-order valence-electron chi connectivity index (χ1n) is 7.52. The fraction of sp³-hybridized carbons (Fsp3) is 0.500. The molecule has 0 spiro atoms. The van der Waals surface area contributed by atoms with Crippen LogP contribution >= 0.6 is 0 Å². The molecule has 1 aliphatic carbocycles. The molecule has 0 heterocycles. The number of amides is 2. The van der Waals surface area contributed by atoms with E-state index in [0.29, 0.717) is 24.6 Å². The van der Waals surface area contributed by atoms with Gasteiger partial charge in [0.25, 0.3) is 5.91 Å². The molecule has 114 valence electrons. The third-order valence-corrected chi connectivity index (χ3v) is 3.37. The van der Waals surface area contributed by atoms with Crippen LogP contribution in [0.4, 0.5) is 5.69 Å². The molecule has 0 radical (unpaired) electrons. The Morgan fingerprint density at radius 3 is 2.71 bits per heavy atom. The summed E-state index contributed by atoms with van der Waals surface area (Å²) in [6.45, 7) is 5.06. The number of carbonyl (C=O) groups excluding carboxylic acids is 2. The van der Waals surface area contributed by atoms with E-state index in [9.17, 15) is 9.59 Å². The lowest BCUT2D eigenvalue weighted by Gasteiger charge is -2.12. The molecule has 0 saturated heterocycles. The van der Waals surface area contributed by atoms with Gasteiger partial charge in [-0.1, -0.05) is 11.6 Å². The highest BCUT2D eigenvalue weighted by Gasteiger charge is 2.22. The molecule has 3 N–H and O–H groups in total. The van der Waals surface area contributed by atoms with Gasteiger partial charge in [-0.25, -0.2) is 0 Å². The Hall–Kier alpha value is -2.04. The average Bonchev–Trinajstić information content (AvgIpc) is 3.24. The number of anilines is 1. The zero-order valence-electron chi connectivity index (χ0n) is 12.7. The molecule has 1 fully saturated rings. The molecule has 21 heavy (non-hydrogen) atoms. The van der Waals surface area contributed by atoms with Crippen LogP contribution in [0.25, 0.3) is 0 Å². The van der Waals surface area contributed by atoms with Gasteiger partial charge in [0.2, 0.25) is 5.91 Å². The Labute approximate surface area is 125 Å². The first-order valence-corrected chi connectivity index (χ1v) is 7.52. The highest BCUT2D eigenvalue weighted by Crippen LogP contribution is 2.19. The summed E-state index contributed by atoms with van der Waals surface area (Å²) >= 11 is 0. The predicted molar refractivity (Wildman–Crippen MR) is 83.5 cm³/mol. The summed E-state index contributed by atoms with van der Waals surface area (Å²) in [6.07, 6.45) is 2.48. The van der Waals surface area contributed by atoms with Gasteiger partial charge in [-0.15, -0.1) is 0 Å². The second-order valence-electron chi connectivity index (χ2n) is 5.43. The Balaban J connectivity index is 1.86. The van der Waals surface area contributed by atoms with E-state index in [2.05, 4.69) is 16.0 Å². The molecule has 0 unspecified atom stereocenters. The van der Waals surface area contributed by atoms with E-state index in [1.165, 1.54) is 0 Å². The molecule has 1 aromatic carbocycles. The van der Waals surface area contributed by atoms with Crippen molar-refractivity contribution in [3.8, 4) is 0 Å². The number of hydrogen-bond donors (Lipinski definition) is 3. The second-order valence-corrected chi connectivity index (χ2v) is 5.43. The summed E-state index contributed by atoms with van der Waals surface area (Å²) in [4.78, 5) is 23.8. The quantitative estimate of drug-likeness (QED) is 0.717. The summed E-state index contributed by atoms with van der Waals surface area (Å²) < 4.78 is 0. The SMILES string of the molecule is CCNc1ccc(C)cc1C(=O)NCCC(=O)NC1CC1. The van der Waals surface area contributed by atoms with Gasteiger partial charge in [0.1, 0.15) is 0 Å². The average molecular weight is 289 g/mol. The van der Waals surface area contributed by atoms with Gasteiger partial charge in [0, 0.05) is 31.2 Å². The molecule has 0 aliphatic heterocycles. The molecule has 2 rings (SSSR count). The van der Waals surface area contributed by atoms with Gasteiger partial charge >= 0.3 is 0 Å². The lowest BCUT2D eigenvalue weighted by atomic mass is 10.1. The van der Waals surface area contributed by atoms with E-state index in [4.69, 9.17) is 0 Å². The Kier molecular flexibility index (Phi) is 5.20. The minimum atomic E-state index is -0.145. The summed E-state index contributed by atoms with van der Waals surface area (Å²) in [5, 5.41) is 8.89. The molecular formula is C16H23N3O2. The standard InChI is InChI=1S/C16H23N3O2/c1-3-17-14-7-4-11(2)10-13(14)16(21)18-9-8-15(20)19-12-5-6-12/h4,7,10,12,17H,3,5-6,8-9H2,1-2H3,(H,18,21)(H,19,20). The van der Waals surface area contributed by atoms with Crippen LogP contribution in [-0.2, 0) is 4.79 Å². The van der Waals surface area contributed by atoms with Crippen molar-refractivity contribution >= 4 is 17.5 Å². The molecule has 1 aromatic rings. The van der Waals surface area contributed by atoms with Crippen LogP contribution in [0.3, 0.4) is 0 Å². The maximum Gasteiger partial charge on any atom is 0.253 e. The van der Waals surface area contributed by atoms with Crippen LogP contribution in [0.1, 0.15) is 42.1 Å². The highest BCUT2D eigenvalue weighted by atomic mass is 16.2. The zero-order valence-corrected chi connectivity index (χ0v) is 12.7. The summed E-state index contributed by atoms with van der Waals surface area (Å²) in [5.41, 5.74) is 2.48. The summed E-state index contributed by atoms with van der Waals surface area (Å²) in [6, 6.07) is 6.11. The monoisotopic (exact) mass is 289 g/mol. The molecule has 2 amide bonds. The number of rotatable bonds is 7. The minimum Gasteiger partial charge on any atom is -0.385 e. The predicted octanol–water partition coefficient (Wildman–Crippen LogP) is 1.83. The van der Waals surface area contributed by atoms with E-state index < -0.39 is 0 Å². The van der Waals surface area contributed by atoms with Crippen molar-refractivity contribution in [3.63, 3.8) is 0 Å². The van der Waals surface area contributed by atoms with Gasteiger partial charge in [0.15, 0.2) is 0 Å². The van der Waals surface area contributed by atoms with Crippen molar-refractivity contribution in [2.75, 3.05) is 18.4 Å². The van der Waals surface area contributed by atoms with Crippen LogP contribution in [-0.4, -0.2) is 30.9 Å². The Morgan fingerprint density at radius 2 is 2.05 bits per heavy atom.